The lowest BCUT2D eigenvalue weighted by molar-refractivity contribution is -0.150. The monoisotopic (exact) mass is 368 g/mol. The molecule has 3 rings (SSSR count). The van der Waals surface area contributed by atoms with Gasteiger partial charge in [0.15, 0.2) is 0 Å². The number of esters is 1. The second-order valence-corrected chi connectivity index (χ2v) is 7.90. The lowest BCUT2D eigenvalue weighted by atomic mass is 9.54. The van der Waals surface area contributed by atoms with E-state index in [-0.39, 0.29) is 29.7 Å². The number of fused-ring (bicyclic) bond motifs is 1. The number of benzene rings is 1. The van der Waals surface area contributed by atoms with Gasteiger partial charge in [0.2, 0.25) is 0 Å². The third-order valence-corrected chi connectivity index (χ3v) is 6.15. The largest absolute Gasteiger partial charge is 0.458 e. The number of carbonyl (C=O) groups excluding carboxylic acids is 2. The van der Waals surface area contributed by atoms with E-state index in [2.05, 4.69) is 13.2 Å². The Bertz CT molecular complexity index is 751. The van der Waals surface area contributed by atoms with E-state index < -0.39 is 5.41 Å². The van der Waals surface area contributed by atoms with Crippen molar-refractivity contribution in [2.24, 2.45) is 17.3 Å². The molecule has 0 aliphatic heterocycles. The van der Waals surface area contributed by atoms with Gasteiger partial charge in [-0.05, 0) is 44.7 Å². The van der Waals surface area contributed by atoms with Crippen LogP contribution in [0.5, 0.6) is 0 Å². The van der Waals surface area contributed by atoms with E-state index in [0.717, 1.165) is 17.6 Å². The molecule has 0 unspecified atom stereocenters. The summed E-state index contributed by atoms with van der Waals surface area (Å²) in [5.41, 5.74) is 1.79. The van der Waals surface area contributed by atoms with Gasteiger partial charge in [0, 0.05) is 18.4 Å². The van der Waals surface area contributed by atoms with E-state index in [9.17, 15) is 9.59 Å². The van der Waals surface area contributed by atoms with E-state index in [0.29, 0.717) is 31.4 Å². The van der Waals surface area contributed by atoms with Crippen LogP contribution in [-0.4, -0.2) is 31.6 Å². The zero-order chi connectivity index (χ0) is 19.6. The molecule has 2 aliphatic rings. The summed E-state index contributed by atoms with van der Waals surface area (Å²) in [6.45, 7) is 10.5. The van der Waals surface area contributed by atoms with Crippen LogP contribution in [0, 0.1) is 17.3 Å². The van der Waals surface area contributed by atoms with E-state index in [4.69, 9.17) is 9.47 Å². The van der Waals surface area contributed by atoms with Crippen molar-refractivity contribution in [1.82, 2.24) is 0 Å². The summed E-state index contributed by atoms with van der Waals surface area (Å²) >= 11 is 0. The summed E-state index contributed by atoms with van der Waals surface area (Å²) in [6, 6.07) is 8.98. The predicted molar refractivity (Wildman–Crippen MR) is 104 cm³/mol. The Kier molecular flexibility index (Phi) is 5.66. The average Bonchev–Trinajstić information content (AvgIpc) is 2.64. The molecule has 4 heteroatoms. The van der Waals surface area contributed by atoms with Crippen LogP contribution in [0.3, 0.4) is 0 Å². The van der Waals surface area contributed by atoms with E-state index >= 15 is 0 Å². The Morgan fingerprint density at radius 3 is 2.59 bits per heavy atom. The van der Waals surface area contributed by atoms with Crippen molar-refractivity contribution in [2.75, 3.05) is 13.7 Å². The molecule has 144 valence electrons. The number of Topliss-reactive ketones (excluding diaryl/α,β-unsaturated/α-hetero) is 1. The van der Waals surface area contributed by atoms with Crippen LogP contribution in [0.1, 0.15) is 43.0 Å². The third kappa shape index (κ3) is 3.51. The normalized spacial score (nSPS) is 30.5. The molecule has 0 saturated heterocycles. The Morgan fingerprint density at radius 1 is 1.26 bits per heavy atom. The second-order valence-electron chi connectivity index (χ2n) is 7.90. The highest BCUT2D eigenvalue weighted by Crippen LogP contribution is 2.54. The zero-order valence-corrected chi connectivity index (χ0v) is 16.2. The van der Waals surface area contributed by atoms with E-state index in [1.54, 1.807) is 19.2 Å². The summed E-state index contributed by atoms with van der Waals surface area (Å²) in [4.78, 5) is 26.0. The van der Waals surface area contributed by atoms with Crippen LogP contribution in [0.2, 0.25) is 0 Å². The van der Waals surface area contributed by atoms with Gasteiger partial charge in [-0.3, -0.25) is 4.79 Å². The lowest BCUT2D eigenvalue weighted by Gasteiger charge is -2.52. The zero-order valence-electron chi connectivity index (χ0n) is 16.2. The number of hydrogen-bond acceptors (Lipinski definition) is 4. The standard InChI is InChI=1S/C23H28O4/c1-15(2)18-12-13-23(14-26-4)19(11-10-16(3)20(23)21(18)24)27-22(25)17-8-6-5-7-9-17/h5-9,18-20H,1,3,10-14H2,2,4H3/t18-,19+,20+,23+/m0/s1. The SMILES string of the molecule is C=C(C)[C@@H]1CC[C@]2(COC)[C@H](C(=C)CC[C@H]2OC(=O)c2ccccc2)C1=O. The van der Waals surface area contributed by atoms with Gasteiger partial charge in [-0.25, -0.2) is 4.79 Å². The highest BCUT2D eigenvalue weighted by atomic mass is 16.5. The van der Waals surface area contributed by atoms with Gasteiger partial charge in [-0.15, -0.1) is 0 Å². The topological polar surface area (TPSA) is 52.6 Å². The Labute approximate surface area is 161 Å². The lowest BCUT2D eigenvalue weighted by Crippen LogP contribution is -2.57. The van der Waals surface area contributed by atoms with E-state index in [1.165, 1.54) is 0 Å². The number of allylic oxidation sites excluding steroid dienone is 2. The molecule has 1 aromatic carbocycles. The summed E-state index contributed by atoms with van der Waals surface area (Å²) in [6.07, 6.45) is 2.44. The maximum absolute atomic E-state index is 13.3. The molecule has 0 bridgehead atoms. The number of rotatable bonds is 5. The molecule has 0 spiro atoms. The van der Waals surface area contributed by atoms with Gasteiger partial charge < -0.3 is 9.47 Å². The number of ether oxygens (including phenoxy) is 2. The van der Waals surface area contributed by atoms with Gasteiger partial charge in [0.1, 0.15) is 11.9 Å². The molecule has 0 N–H and O–H groups in total. The smallest absolute Gasteiger partial charge is 0.338 e. The molecule has 2 fully saturated rings. The minimum atomic E-state index is -0.544. The van der Waals surface area contributed by atoms with Crippen LogP contribution in [0.15, 0.2) is 54.6 Å². The van der Waals surface area contributed by atoms with E-state index in [1.807, 2.05) is 25.1 Å². The molecule has 2 aliphatic carbocycles. The summed E-state index contributed by atoms with van der Waals surface area (Å²) in [5, 5.41) is 0. The van der Waals surface area contributed by atoms with Gasteiger partial charge in [-0.1, -0.05) is 42.5 Å². The van der Waals surface area contributed by atoms with Crippen molar-refractivity contribution < 1.29 is 19.1 Å². The molecule has 2 saturated carbocycles. The summed E-state index contributed by atoms with van der Waals surface area (Å²) < 4.78 is 11.5. The number of carbonyl (C=O) groups is 2. The summed E-state index contributed by atoms with van der Waals surface area (Å²) in [5.74, 6) is -0.705. The van der Waals surface area contributed by atoms with Crippen molar-refractivity contribution in [3.63, 3.8) is 0 Å². The molecule has 0 heterocycles. The van der Waals surface area contributed by atoms with Gasteiger partial charge in [0.25, 0.3) is 0 Å². The Morgan fingerprint density at radius 2 is 1.96 bits per heavy atom. The minimum Gasteiger partial charge on any atom is -0.458 e. The molecule has 1 aromatic rings. The first-order valence-electron chi connectivity index (χ1n) is 9.52. The van der Waals surface area contributed by atoms with Crippen LogP contribution < -0.4 is 0 Å². The van der Waals surface area contributed by atoms with Crippen molar-refractivity contribution in [1.29, 1.82) is 0 Å². The van der Waals surface area contributed by atoms with Crippen molar-refractivity contribution in [3.05, 3.63) is 60.2 Å². The number of hydrogen-bond donors (Lipinski definition) is 0. The van der Waals surface area contributed by atoms with Crippen LogP contribution in [-0.2, 0) is 14.3 Å². The first-order chi connectivity index (χ1) is 12.9. The highest BCUT2D eigenvalue weighted by Gasteiger charge is 2.57. The second kappa shape index (κ2) is 7.81. The molecule has 27 heavy (non-hydrogen) atoms. The minimum absolute atomic E-state index is 0.149. The van der Waals surface area contributed by atoms with Gasteiger partial charge >= 0.3 is 5.97 Å². The van der Waals surface area contributed by atoms with Crippen molar-refractivity contribution >= 4 is 11.8 Å². The molecular weight excluding hydrogens is 340 g/mol. The maximum atomic E-state index is 13.3. The number of ketones is 1. The molecule has 4 atom stereocenters. The maximum Gasteiger partial charge on any atom is 0.338 e. The fourth-order valence-electron chi connectivity index (χ4n) is 4.84. The first-order valence-corrected chi connectivity index (χ1v) is 9.52. The quantitative estimate of drug-likeness (QED) is 0.572. The van der Waals surface area contributed by atoms with Crippen LogP contribution in [0.25, 0.3) is 0 Å². The molecule has 0 aromatic heterocycles. The third-order valence-electron chi connectivity index (χ3n) is 6.15. The fourth-order valence-corrected chi connectivity index (χ4v) is 4.84. The van der Waals surface area contributed by atoms with Crippen molar-refractivity contribution in [3.8, 4) is 0 Å². The van der Waals surface area contributed by atoms with Gasteiger partial charge in [0.05, 0.1) is 18.1 Å². The van der Waals surface area contributed by atoms with Gasteiger partial charge in [-0.2, -0.15) is 0 Å². The number of methoxy groups -OCH3 is 1. The average molecular weight is 368 g/mol. The molecule has 4 nitrogen and oxygen atoms in total. The highest BCUT2D eigenvalue weighted by molar-refractivity contribution is 5.91. The Balaban J connectivity index is 1.93. The predicted octanol–water partition coefficient (Wildman–Crippen LogP) is 4.37. The van der Waals surface area contributed by atoms with Crippen molar-refractivity contribution in [2.45, 2.75) is 38.7 Å². The fraction of sp³-hybridized carbons (Fsp3) is 0.478. The Hall–Kier alpha value is -2.20. The molecular formula is C23H28O4. The summed E-state index contributed by atoms with van der Waals surface area (Å²) in [7, 11) is 1.63. The first kappa shape index (κ1) is 19.6. The molecule has 0 radical (unpaired) electrons. The van der Waals surface area contributed by atoms with Crippen LogP contribution >= 0.6 is 0 Å². The van der Waals surface area contributed by atoms with Crippen LogP contribution in [0.4, 0.5) is 0 Å². The molecule has 0 amide bonds.